The van der Waals surface area contributed by atoms with E-state index < -0.39 is 23.7 Å². The molecule has 1 rings (SSSR count). The lowest BCUT2D eigenvalue weighted by Crippen LogP contribution is -1.96. The number of hydrogen-bond acceptors (Lipinski definition) is 2. The molecule has 72 valence electrons. The second-order valence-electron chi connectivity index (χ2n) is 2.26. The second kappa shape index (κ2) is 3.95. The molecule has 0 bridgehead atoms. The number of pyridine rings is 1. The molecule has 1 aromatic heterocycles. The maximum atomic E-state index is 12.6. The lowest BCUT2D eigenvalue weighted by molar-refractivity contribution is 0.146. The molecule has 0 aliphatic rings. The van der Waals surface area contributed by atoms with E-state index in [9.17, 15) is 13.2 Å². The van der Waals surface area contributed by atoms with E-state index in [-0.39, 0.29) is 11.0 Å². The molecule has 6 heteroatoms. The molecule has 0 aliphatic heterocycles. The molecule has 0 saturated carbocycles. The third-order valence-electron chi connectivity index (χ3n) is 1.42. The van der Waals surface area contributed by atoms with Gasteiger partial charge in [-0.25, -0.2) is 13.8 Å². The van der Waals surface area contributed by atoms with Gasteiger partial charge in [-0.3, -0.25) is 0 Å². The molecule has 0 amide bonds. The summed E-state index contributed by atoms with van der Waals surface area (Å²) >= 11 is 2.89. The van der Waals surface area contributed by atoms with Crippen molar-refractivity contribution in [1.29, 1.82) is 0 Å². The van der Waals surface area contributed by atoms with Crippen molar-refractivity contribution in [3.05, 3.63) is 23.3 Å². The van der Waals surface area contributed by atoms with Crippen molar-refractivity contribution in [2.24, 2.45) is 0 Å². The summed E-state index contributed by atoms with van der Waals surface area (Å²) in [7, 11) is 0. The van der Waals surface area contributed by atoms with Crippen LogP contribution in [0.2, 0.25) is 0 Å². The Morgan fingerprint density at radius 3 is 2.62 bits per heavy atom. The van der Waals surface area contributed by atoms with E-state index in [1.165, 1.54) is 0 Å². The van der Waals surface area contributed by atoms with Gasteiger partial charge in [0.2, 0.25) is 5.95 Å². The Bertz CT molecular complexity index is 319. The van der Waals surface area contributed by atoms with E-state index in [1.807, 2.05) is 0 Å². The van der Waals surface area contributed by atoms with Crippen molar-refractivity contribution in [1.82, 2.24) is 4.98 Å². The van der Waals surface area contributed by atoms with Crippen molar-refractivity contribution in [2.45, 2.75) is 11.8 Å². The van der Waals surface area contributed by atoms with Crippen molar-refractivity contribution >= 4 is 15.9 Å². The monoisotopic (exact) mass is 255 g/mol. The standard InChI is InChI=1S/C7H5BrF3NO/c8-2-4-6(13)3(7(10)11)1-5(9)12-4/h1,7,13H,2H2. The largest absolute Gasteiger partial charge is 0.505 e. The maximum absolute atomic E-state index is 12.6. The van der Waals surface area contributed by atoms with Crippen molar-refractivity contribution in [2.75, 3.05) is 0 Å². The van der Waals surface area contributed by atoms with E-state index in [4.69, 9.17) is 5.11 Å². The summed E-state index contributed by atoms with van der Waals surface area (Å²) in [5.74, 6) is -1.68. The summed E-state index contributed by atoms with van der Waals surface area (Å²) in [6.07, 6.45) is -2.91. The summed E-state index contributed by atoms with van der Waals surface area (Å²) in [6.45, 7) is 0. The van der Waals surface area contributed by atoms with Gasteiger partial charge in [-0.1, -0.05) is 15.9 Å². The molecule has 1 heterocycles. The van der Waals surface area contributed by atoms with Gasteiger partial charge in [-0.15, -0.1) is 0 Å². The zero-order valence-corrected chi connectivity index (χ0v) is 7.85. The Hall–Kier alpha value is -0.780. The van der Waals surface area contributed by atoms with Crippen LogP contribution in [0.4, 0.5) is 13.2 Å². The Labute approximate surface area is 80.5 Å². The van der Waals surface area contributed by atoms with Crippen LogP contribution in [0.5, 0.6) is 5.75 Å². The van der Waals surface area contributed by atoms with Gasteiger partial charge in [0.25, 0.3) is 6.43 Å². The third-order valence-corrected chi connectivity index (χ3v) is 1.96. The number of nitrogens with zero attached hydrogens (tertiary/aromatic N) is 1. The van der Waals surface area contributed by atoms with E-state index in [2.05, 4.69) is 20.9 Å². The minimum absolute atomic E-state index is 0.0241. The fraction of sp³-hybridized carbons (Fsp3) is 0.286. The lowest BCUT2D eigenvalue weighted by Gasteiger charge is -2.06. The Kier molecular flexibility index (Phi) is 3.13. The zero-order chi connectivity index (χ0) is 10.0. The molecule has 0 aromatic carbocycles. The topological polar surface area (TPSA) is 33.1 Å². The molecule has 0 fully saturated rings. The summed E-state index contributed by atoms with van der Waals surface area (Å²) in [6, 6.07) is 0.520. The van der Waals surface area contributed by atoms with Crippen LogP contribution in [0.15, 0.2) is 6.07 Å². The van der Waals surface area contributed by atoms with Crippen molar-refractivity contribution in [3.63, 3.8) is 0 Å². The molecule has 0 radical (unpaired) electrons. The average Bonchev–Trinajstić information content (AvgIpc) is 2.08. The highest BCUT2D eigenvalue weighted by Gasteiger charge is 2.18. The van der Waals surface area contributed by atoms with Crippen molar-refractivity contribution < 1.29 is 18.3 Å². The second-order valence-corrected chi connectivity index (χ2v) is 2.82. The predicted octanol–water partition coefficient (Wildman–Crippen LogP) is 2.76. The third kappa shape index (κ3) is 2.12. The minimum Gasteiger partial charge on any atom is -0.505 e. The molecule has 13 heavy (non-hydrogen) atoms. The Morgan fingerprint density at radius 2 is 2.15 bits per heavy atom. The average molecular weight is 256 g/mol. The van der Waals surface area contributed by atoms with Crippen LogP contribution >= 0.6 is 15.9 Å². The quantitative estimate of drug-likeness (QED) is 0.651. The molecule has 0 unspecified atom stereocenters. The van der Waals surface area contributed by atoms with E-state index >= 15 is 0 Å². The van der Waals surface area contributed by atoms with Gasteiger partial charge < -0.3 is 5.11 Å². The predicted molar refractivity (Wildman–Crippen MR) is 43.4 cm³/mol. The van der Waals surface area contributed by atoms with Gasteiger partial charge >= 0.3 is 0 Å². The van der Waals surface area contributed by atoms with Crippen LogP contribution in [0.1, 0.15) is 17.7 Å². The highest BCUT2D eigenvalue weighted by Crippen LogP contribution is 2.31. The zero-order valence-electron chi connectivity index (χ0n) is 6.27. The maximum Gasteiger partial charge on any atom is 0.267 e. The van der Waals surface area contributed by atoms with Crippen LogP contribution in [0.3, 0.4) is 0 Å². The van der Waals surface area contributed by atoms with E-state index in [1.54, 1.807) is 0 Å². The number of rotatable bonds is 2. The van der Waals surface area contributed by atoms with Crippen molar-refractivity contribution in [3.8, 4) is 5.75 Å². The molecule has 1 N–H and O–H groups in total. The van der Waals surface area contributed by atoms with Gasteiger partial charge in [0, 0.05) is 11.4 Å². The number of hydrogen-bond donors (Lipinski definition) is 1. The first-order valence-corrected chi connectivity index (χ1v) is 4.40. The fourth-order valence-corrected chi connectivity index (χ4v) is 1.23. The Balaban J connectivity index is 3.27. The Morgan fingerprint density at radius 1 is 1.54 bits per heavy atom. The molecule has 0 atom stereocenters. The molecular weight excluding hydrogens is 251 g/mol. The van der Waals surface area contributed by atoms with Crippen LogP contribution < -0.4 is 0 Å². The smallest absolute Gasteiger partial charge is 0.267 e. The molecule has 0 aliphatic carbocycles. The highest BCUT2D eigenvalue weighted by atomic mass is 79.9. The number of alkyl halides is 3. The molecule has 1 aromatic rings. The number of halogens is 4. The molecular formula is C7H5BrF3NO. The van der Waals surface area contributed by atoms with Gasteiger partial charge in [0.1, 0.15) is 5.75 Å². The summed E-state index contributed by atoms with van der Waals surface area (Å²) in [5.41, 5.74) is -0.864. The summed E-state index contributed by atoms with van der Waals surface area (Å²) < 4.78 is 36.9. The van der Waals surface area contributed by atoms with Crippen LogP contribution in [0.25, 0.3) is 0 Å². The molecule has 0 saturated heterocycles. The fourth-order valence-electron chi connectivity index (χ4n) is 0.837. The SMILES string of the molecule is Oc1c(C(F)F)cc(F)nc1CBr. The van der Waals surface area contributed by atoms with E-state index in [0.29, 0.717) is 6.07 Å². The molecule has 0 spiro atoms. The first kappa shape index (κ1) is 10.3. The van der Waals surface area contributed by atoms with Gasteiger partial charge in [-0.2, -0.15) is 4.39 Å². The lowest BCUT2D eigenvalue weighted by atomic mass is 10.2. The van der Waals surface area contributed by atoms with Gasteiger partial charge in [0.15, 0.2) is 0 Å². The first-order chi connectivity index (χ1) is 6.06. The number of aromatic hydroxyl groups is 1. The molecule has 2 nitrogen and oxygen atoms in total. The van der Waals surface area contributed by atoms with Crippen LogP contribution in [-0.2, 0) is 5.33 Å². The van der Waals surface area contributed by atoms with E-state index in [0.717, 1.165) is 0 Å². The van der Waals surface area contributed by atoms with Gasteiger partial charge in [-0.05, 0) is 0 Å². The summed E-state index contributed by atoms with van der Waals surface area (Å²) in [4.78, 5) is 3.24. The minimum atomic E-state index is -2.91. The number of aromatic nitrogens is 1. The van der Waals surface area contributed by atoms with Gasteiger partial charge in [0.05, 0.1) is 11.3 Å². The highest BCUT2D eigenvalue weighted by molar-refractivity contribution is 9.08. The summed E-state index contributed by atoms with van der Waals surface area (Å²) in [5, 5.41) is 9.17. The first-order valence-electron chi connectivity index (χ1n) is 3.28. The van der Waals surface area contributed by atoms with Crippen LogP contribution in [0, 0.1) is 5.95 Å². The normalized spacial score (nSPS) is 10.8. The van der Waals surface area contributed by atoms with Crippen LogP contribution in [-0.4, -0.2) is 10.1 Å².